The van der Waals surface area contributed by atoms with Gasteiger partial charge in [0.25, 0.3) is 0 Å². The summed E-state index contributed by atoms with van der Waals surface area (Å²) in [6.07, 6.45) is 5.65. The minimum atomic E-state index is -0.400. The van der Waals surface area contributed by atoms with Crippen LogP contribution in [0.1, 0.15) is 43.4 Å². The van der Waals surface area contributed by atoms with E-state index in [0.717, 1.165) is 23.4 Å². The molecule has 0 spiro atoms. The van der Waals surface area contributed by atoms with Gasteiger partial charge < -0.3 is 4.90 Å². The Morgan fingerprint density at radius 1 is 1.43 bits per heavy atom. The average molecular weight is 324 g/mol. The fourth-order valence-electron chi connectivity index (χ4n) is 4.12. The SMILES string of the molecule is C[C@]1(C(=O)N2C[C@@H]3C[C@H]2c2cncc(C#N)c2S3)C[C@H](C#N)C1. The van der Waals surface area contributed by atoms with Gasteiger partial charge in [0.15, 0.2) is 0 Å². The minimum Gasteiger partial charge on any atom is -0.334 e. The number of nitriles is 2. The number of carbonyl (C=O) groups is 1. The monoisotopic (exact) mass is 324 g/mol. The maximum atomic E-state index is 13.0. The summed E-state index contributed by atoms with van der Waals surface area (Å²) in [5.41, 5.74) is 1.22. The number of rotatable bonds is 1. The van der Waals surface area contributed by atoms with Gasteiger partial charge in [-0.3, -0.25) is 9.78 Å². The summed E-state index contributed by atoms with van der Waals surface area (Å²) in [5, 5.41) is 18.6. The first-order valence-electron chi connectivity index (χ1n) is 7.81. The summed E-state index contributed by atoms with van der Waals surface area (Å²) in [6, 6.07) is 4.50. The van der Waals surface area contributed by atoms with Gasteiger partial charge in [0.05, 0.1) is 17.7 Å². The van der Waals surface area contributed by atoms with Crippen LogP contribution in [0.4, 0.5) is 0 Å². The lowest BCUT2D eigenvalue weighted by Crippen LogP contribution is -2.49. The van der Waals surface area contributed by atoms with E-state index in [0.29, 0.717) is 23.7 Å². The van der Waals surface area contributed by atoms with Gasteiger partial charge in [0.2, 0.25) is 5.91 Å². The third-order valence-electron chi connectivity index (χ3n) is 5.30. The van der Waals surface area contributed by atoms with Gasteiger partial charge in [0.1, 0.15) is 6.07 Å². The molecule has 0 radical (unpaired) electrons. The second-order valence-corrected chi connectivity index (χ2v) is 8.27. The number of likely N-dealkylation sites (tertiary alicyclic amines) is 1. The molecule has 6 heteroatoms. The van der Waals surface area contributed by atoms with Crippen LogP contribution >= 0.6 is 11.8 Å². The molecule has 116 valence electrons. The Morgan fingerprint density at radius 3 is 2.91 bits per heavy atom. The fraction of sp³-hybridized carbons (Fsp3) is 0.529. The minimum absolute atomic E-state index is 0.0134. The van der Waals surface area contributed by atoms with Crippen LogP contribution in [0.2, 0.25) is 0 Å². The van der Waals surface area contributed by atoms with E-state index in [1.165, 1.54) is 0 Å². The van der Waals surface area contributed by atoms with Crippen molar-refractivity contribution in [3.05, 3.63) is 23.5 Å². The molecule has 2 atom stereocenters. The van der Waals surface area contributed by atoms with Crippen LogP contribution in [-0.2, 0) is 4.79 Å². The summed E-state index contributed by atoms with van der Waals surface area (Å²) in [7, 11) is 0. The number of carbonyl (C=O) groups excluding carboxylic acids is 1. The van der Waals surface area contributed by atoms with Crippen LogP contribution in [0, 0.1) is 34.0 Å². The van der Waals surface area contributed by atoms with E-state index in [-0.39, 0.29) is 17.9 Å². The largest absolute Gasteiger partial charge is 0.334 e. The molecule has 3 aliphatic rings. The average Bonchev–Trinajstić information content (AvgIpc) is 2.88. The second-order valence-electron chi connectivity index (χ2n) is 6.96. The molecule has 1 saturated heterocycles. The first kappa shape index (κ1) is 14.5. The molecular weight excluding hydrogens is 308 g/mol. The Labute approximate surface area is 139 Å². The molecule has 0 N–H and O–H groups in total. The Morgan fingerprint density at radius 2 is 2.22 bits per heavy atom. The van der Waals surface area contributed by atoms with Crippen molar-refractivity contribution in [2.45, 2.75) is 42.4 Å². The summed E-state index contributed by atoms with van der Waals surface area (Å²) >= 11 is 1.70. The number of aromatic nitrogens is 1. The highest BCUT2D eigenvalue weighted by Gasteiger charge is 2.52. The lowest BCUT2D eigenvalue weighted by molar-refractivity contribution is -0.148. The van der Waals surface area contributed by atoms with Crippen LogP contribution in [-0.4, -0.2) is 27.6 Å². The van der Waals surface area contributed by atoms with Crippen molar-refractivity contribution in [3.63, 3.8) is 0 Å². The Balaban J connectivity index is 1.65. The van der Waals surface area contributed by atoms with Gasteiger partial charge in [-0.1, -0.05) is 6.92 Å². The zero-order chi connectivity index (χ0) is 16.2. The standard InChI is InChI=1S/C17H16N4OS/c1-17(3-10(4-17)5-18)16(22)21-9-12-2-14(21)13-8-20-7-11(6-19)15(13)23-12/h7-8,10,12,14H,2-4,9H2,1H3/t10-,12-,14-,17-/m0/s1. The smallest absolute Gasteiger partial charge is 0.229 e. The number of hydrogen-bond acceptors (Lipinski definition) is 5. The van der Waals surface area contributed by atoms with Crippen LogP contribution in [0.15, 0.2) is 17.3 Å². The summed E-state index contributed by atoms with van der Waals surface area (Å²) in [6.45, 7) is 2.70. The van der Waals surface area contributed by atoms with Crippen molar-refractivity contribution in [2.75, 3.05) is 6.54 Å². The predicted octanol–water partition coefficient (Wildman–Crippen LogP) is 2.64. The zero-order valence-electron chi connectivity index (χ0n) is 12.8. The summed E-state index contributed by atoms with van der Waals surface area (Å²) < 4.78 is 0. The molecule has 23 heavy (non-hydrogen) atoms. The molecule has 0 unspecified atom stereocenters. The van der Waals surface area contributed by atoms with Crippen molar-refractivity contribution in [1.29, 1.82) is 10.5 Å². The summed E-state index contributed by atoms with van der Waals surface area (Å²) in [5.74, 6) is 0.173. The first-order chi connectivity index (χ1) is 11.1. The number of nitrogens with zero attached hydrogens (tertiary/aromatic N) is 4. The third kappa shape index (κ3) is 2.05. The Bertz CT molecular complexity index is 772. The summed E-state index contributed by atoms with van der Waals surface area (Å²) in [4.78, 5) is 20.2. The van der Waals surface area contributed by atoms with Gasteiger partial charge in [-0.25, -0.2) is 0 Å². The maximum absolute atomic E-state index is 13.0. The lowest BCUT2D eigenvalue weighted by Gasteiger charge is -2.44. The van der Waals surface area contributed by atoms with E-state index < -0.39 is 5.41 Å². The normalized spacial score (nSPS) is 34.0. The number of hydrogen-bond donors (Lipinski definition) is 0. The molecule has 2 aliphatic heterocycles. The molecule has 1 saturated carbocycles. The fourth-order valence-corrected chi connectivity index (χ4v) is 5.52. The van der Waals surface area contributed by atoms with Gasteiger partial charge in [-0.05, 0) is 19.3 Å². The highest BCUT2D eigenvalue weighted by Crippen LogP contribution is 2.53. The topological polar surface area (TPSA) is 80.8 Å². The van der Waals surface area contributed by atoms with Crippen LogP contribution in [0.25, 0.3) is 0 Å². The van der Waals surface area contributed by atoms with Gasteiger partial charge in [-0.2, -0.15) is 10.5 Å². The molecule has 4 rings (SSSR count). The van der Waals surface area contributed by atoms with Crippen molar-refractivity contribution >= 4 is 17.7 Å². The number of fused-ring (bicyclic) bond motifs is 4. The van der Waals surface area contributed by atoms with Crippen LogP contribution in [0.5, 0.6) is 0 Å². The van der Waals surface area contributed by atoms with E-state index >= 15 is 0 Å². The first-order valence-corrected chi connectivity index (χ1v) is 8.69. The molecule has 1 aromatic rings. The lowest BCUT2D eigenvalue weighted by atomic mass is 9.63. The molecule has 2 fully saturated rings. The van der Waals surface area contributed by atoms with Gasteiger partial charge in [0, 0.05) is 46.0 Å². The second kappa shape index (κ2) is 4.97. The van der Waals surface area contributed by atoms with Crippen molar-refractivity contribution in [3.8, 4) is 12.1 Å². The molecule has 1 amide bonds. The van der Waals surface area contributed by atoms with E-state index in [2.05, 4.69) is 17.1 Å². The number of thioether (sulfide) groups is 1. The molecular formula is C17H16N4OS. The van der Waals surface area contributed by atoms with E-state index in [4.69, 9.17) is 5.26 Å². The van der Waals surface area contributed by atoms with E-state index in [1.807, 2.05) is 11.8 Å². The third-order valence-corrected chi connectivity index (χ3v) is 6.67. The maximum Gasteiger partial charge on any atom is 0.229 e. The number of pyridine rings is 1. The van der Waals surface area contributed by atoms with Crippen molar-refractivity contribution in [1.82, 2.24) is 9.88 Å². The van der Waals surface area contributed by atoms with Crippen LogP contribution in [0.3, 0.4) is 0 Å². The predicted molar refractivity (Wildman–Crippen MR) is 84.1 cm³/mol. The highest BCUT2D eigenvalue weighted by molar-refractivity contribution is 8.00. The van der Waals surface area contributed by atoms with E-state index in [1.54, 1.807) is 24.2 Å². The molecule has 0 aromatic carbocycles. The number of amides is 1. The molecule has 5 nitrogen and oxygen atoms in total. The Kier molecular flexibility index (Phi) is 3.14. The molecule has 2 bridgehead atoms. The molecule has 1 aliphatic carbocycles. The van der Waals surface area contributed by atoms with Crippen molar-refractivity contribution < 1.29 is 4.79 Å². The Hall–Kier alpha value is -2.05. The molecule has 3 heterocycles. The zero-order valence-corrected chi connectivity index (χ0v) is 13.6. The van der Waals surface area contributed by atoms with E-state index in [9.17, 15) is 10.1 Å². The van der Waals surface area contributed by atoms with Gasteiger partial charge >= 0.3 is 0 Å². The van der Waals surface area contributed by atoms with Crippen LogP contribution < -0.4 is 0 Å². The van der Waals surface area contributed by atoms with Gasteiger partial charge in [-0.15, -0.1) is 11.8 Å². The van der Waals surface area contributed by atoms with Crippen molar-refractivity contribution in [2.24, 2.45) is 11.3 Å². The molecule has 1 aromatic heterocycles. The quantitative estimate of drug-likeness (QED) is 0.793. The highest BCUT2D eigenvalue weighted by atomic mass is 32.2.